The summed E-state index contributed by atoms with van der Waals surface area (Å²) < 4.78 is 0. The molecule has 0 unspecified atom stereocenters. The molecule has 0 aliphatic carbocycles. The maximum Gasteiger partial charge on any atom is 0.311 e. The third-order valence-electron chi connectivity index (χ3n) is 3.40. The molecule has 2 aromatic carbocycles. The maximum absolute atomic E-state index is 11.1. The van der Waals surface area contributed by atoms with Crippen LogP contribution in [0.15, 0.2) is 72.9 Å². The van der Waals surface area contributed by atoms with Gasteiger partial charge in [-0.25, -0.2) is 4.98 Å². The van der Waals surface area contributed by atoms with Crippen LogP contribution in [0.4, 0.5) is 17.2 Å². The number of hydrogen-bond acceptors (Lipinski definition) is 4. The number of nitrogens with zero attached hydrogens (tertiary/aromatic N) is 2. The van der Waals surface area contributed by atoms with Gasteiger partial charge >= 0.3 is 5.69 Å². The molecule has 0 aliphatic rings. The van der Waals surface area contributed by atoms with Crippen LogP contribution in [0.5, 0.6) is 0 Å². The largest absolute Gasteiger partial charge is 0.334 e. The third-order valence-corrected chi connectivity index (χ3v) is 3.40. The first-order chi connectivity index (χ1) is 11.7. The lowest BCUT2D eigenvalue weighted by Gasteiger charge is -2.06. The van der Waals surface area contributed by atoms with Crippen LogP contribution in [0.3, 0.4) is 0 Å². The highest BCUT2D eigenvalue weighted by Gasteiger charge is 2.13. The van der Waals surface area contributed by atoms with E-state index in [-0.39, 0.29) is 11.5 Å². The van der Waals surface area contributed by atoms with Gasteiger partial charge < -0.3 is 5.32 Å². The van der Waals surface area contributed by atoms with Crippen molar-refractivity contribution in [1.29, 1.82) is 0 Å². The van der Waals surface area contributed by atoms with Gasteiger partial charge in [0.15, 0.2) is 0 Å². The van der Waals surface area contributed by atoms with E-state index in [0.717, 1.165) is 16.8 Å². The van der Waals surface area contributed by atoms with Gasteiger partial charge in [-0.15, -0.1) is 0 Å². The molecule has 118 valence electrons. The summed E-state index contributed by atoms with van der Waals surface area (Å²) in [5, 5.41) is 14.1. The number of anilines is 2. The average Bonchev–Trinajstić information content (AvgIpc) is 2.61. The van der Waals surface area contributed by atoms with Gasteiger partial charge in [0.1, 0.15) is 0 Å². The van der Waals surface area contributed by atoms with Crippen molar-refractivity contribution in [3.05, 3.63) is 94.2 Å². The van der Waals surface area contributed by atoms with E-state index in [0.29, 0.717) is 0 Å². The highest BCUT2D eigenvalue weighted by atomic mass is 16.6. The van der Waals surface area contributed by atoms with Gasteiger partial charge in [-0.3, -0.25) is 10.1 Å². The predicted octanol–water partition coefficient (Wildman–Crippen LogP) is 4.90. The Labute approximate surface area is 139 Å². The second-order valence-corrected chi connectivity index (χ2v) is 5.12. The molecular weight excluding hydrogens is 302 g/mol. The average molecular weight is 317 g/mol. The summed E-state index contributed by atoms with van der Waals surface area (Å²) in [7, 11) is 0. The third kappa shape index (κ3) is 3.84. The normalized spacial score (nSPS) is 10.7. The summed E-state index contributed by atoms with van der Waals surface area (Å²) in [6.07, 6.45) is 5.53. The molecule has 1 aromatic heterocycles. The molecule has 0 aliphatic heterocycles. The zero-order valence-electron chi connectivity index (χ0n) is 12.8. The first-order valence-electron chi connectivity index (χ1n) is 7.42. The fraction of sp³-hybridized carbons (Fsp3) is 0. The van der Waals surface area contributed by atoms with Gasteiger partial charge in [-0.2, -0.15) is 0 Å². The molecule has 0 spiro atoms. The van der Waals surface area contributed by atoms with E-state index in [1.807, 2.05) is 66.7 Å². The molecule has 24 heavy (non-hydrogen) atoms. The molecule has 3 aromatic rings. The van der Waals surface area contributed by atoms with Crippen LogP contribution in [-0.2, 0) is 0 Å². The van der Waals surface area contributed by atoms with Gasteiger partial charge in [-0.05, 0) is 29.3 Å². The van der Waals surface area contributed by atoms with E-state index in [1.54, 1.807) is 6.07 Å². The van der Waals surface area contributed by atoms with E-state index in [1.165, 1.54) is 12.3 Å². The molecule has 1 heterocycles. The fourth-order valence-electron chi connectivity index (χ4n) is 2.25. The van der Waals surface area contributed by atoms with Gasteiger partial charge in [0, 0.05) is 18.0 Å². The minimum absolute atomic E-state index is 0.0530. The lowest BCUT2D eigenvalue weighted by Crippen LogP contribution is -1.99. The number of aromatic nitrogens is 1. The maximum atomic E-state index is 11.1. The van der Waals surface area contributed by atoms with Crippen LogP contribution in [0.25, 0.3) is 12.2 Å². The van der Waals surface area contributed by atoms with Crippen molar-refractivity contribution in [2.75, 3.05) is 5.32 Å². The second-order valence-electron chi connectivity index (χ2n) is 5.12. The van der Waals surface area contributed by atoms with Crippen molar-refractivity contribution in [2.45, 2.75) is 0 Å². The summed E-state index contributed by atoms with van der Waals surface area (Å²) in [5.41, 5.74) is 2.79. The van der Waals surface area contributed by atoms with Crippen LogP contribution >= 0.6 is 0 Å². The molecule has 0 saturated carbocycles. The summed E-state index contributed by atoms with van der Waals surface area (Å²) in [5.74, 6) is 0.228. The summed E-state index contributed by atoms with van der Waals surface area (Å²) >= 11 is 0. The van der Waals surface area contributed by atoms with Crippen molar-refractivity contribution in [3.63, 3.8) is 0 Å². The molecule has 5 nitrogen and oxygen atoms in total. The topological polar surface area (TPSA) is 68.1 Å². The minimum Gasteiger partial charge on any atom is -0.334 e. The van der Waals surface area contributed by atoms with Crippen LogP contribution in [-0.4, -0.2) is 9.91 Å². The Hall–Kier alpha value is -3.47. The molecule has 3 rings (SSSR count). The molecule has 5 heteroatoms. The van der Waals surface area contributed by atoms with Gasteiger partial charge in [0.2, 0.25) is 5.82 Å². The highest BCUT2D eigenvalue weighted by Crippen LogP contribution is 2.25. The van der Waals surface area contributed by atoms with Crippen LogP contribution in [0, 0.1) is 10.1 Å². The van der Waals surface area contributed by atoms with Gasteiger partial charge in [0.25, 0.3) is 0 Å². The Bertz CT molecular complexity index is 877. The lowest BCUT2D eigenvalue weighted by atomic mass is 10.1. The SMILES string of the molecule is O=[N+]([O-])c1cccnc1Nc1cccc(C=Cc2ccccc2)c1. The summed E-state index contributed by atoms with van der Waals surface area (Å²) in [6, 6.07) is 20.6. The molecule has 0 bridgehead atoms. The lowest BCUT2D eigenvalue weighted by molar-refractivity contribution is -0.384. The van der Waals surface area contributed by atoms with E-state index in [2.05, 4.69) is 10.3 Å². The number of nitrogens with one attached hydrogen (secondary N) is 1. The Balaban J connectivity index is 1.81. The van der Waals surface area contributed by atoms with Crippen molar-refractivity contribution >= 4 is 29.3 Å². The Morgan fingerprint density at radius 3 is 2.46 bits per heavy atom. The monoisotopic (exact) mass is 317 g/mol. The number of hydrogen-bond donors (Lipinski definition) is 1. The predicted molar refractivity (Wildman–Crippen MR) is 96.0 cm³/mol. The summed E-state index contributed by atoms with van der Waals surface area (Å²) in [6.45, 7) is 0. The van der Waals surface area contributed by atoms with E-state index >= 15 is 0 Å². The fourth-order valence-corrected chi connectivity index (χ4v) is 2.25. The Morgan fingerprint density at radius 1 is 0.917 bits per heavy atom. The Kier molecular flexibility index (Phi) is 4.62. The van der Waals surface area contributed by atoms with Crippen LogP contribution in [0.2, 0.25) is 0 Å². The van der Waals surface area contributed by atoms with Crippen molar-refractivity contribution in [1.82, 2.24) is 4.98 Å². The molecule has 0 radical (unpaired) electrons. The molecule has 0 saturated heterocycles. The van der Waals surface area contributed by atoms with Crippen molar-refractivity contribution in [2.24, 2.45) is 0 Å². The number of benzene rings is 2. The van der Waals surface area contributed by atoms with Gasteiger partial charge in [0.05, 0.1) is 4.92 Å². The minimum atomic E-state index is -0.450. The quantitative estimate of drug-likeness (QED) is 0.413. The smallest absolute Gasteiger partial charge is 0.311 e. The zero-order chi connectivity index (χ0) is 16.8. The molecule has 0 atom stereocenters. The summed E-state index contributed by atoms with van der Waals surface area (Å²) in [4.78, 5) is 14.7. The standard InChI is InChI=1S/C19H15N3O2/c23-22(24)18-10-5-13-20-19(18)21-17-9-4-8-16(14-17)12-11-15-6-2-1-3-7-15/h1-14H,(H,20,21). The van der Waals surface area contributed by atoms with Crippen LogP contribution in [0.1, 0.15) is 11.1 Å². The molecular formula is C19H15N3O2. The van der Waals surface area contributed by atoms with Gasteiger partial charge in [-0.1, -0.05) is 54.6 Å². The Morgan fingerprint density at radius 2 is 1.67 bits per heavy atom. The molecule has 0 amide bonds. The molecule has 1 N–H and O–H groups in total. The number of nitro groups is 1. The van der Waals surface area contributed by atoms with E-state index in [9.17, 15) is 10.1 Å². The van der Waals surface area contributed by atoms with E-state index in [4.69, 9.17) is 0 Å². The number of rotatable bonds is 5. The van der Waals surface area contributed by atoms with Crippen molar-refractivity contribution < 1.29 is 4.92 Å². The highest BCUT2D eigenvalue weighted by molar-refractivity contribution is 5.73. The van der Waals surface area contributed by atoms with E-state index < -0.39 is 4.92 Å². The first kappa shape index (κ1) is 15.4. The number of pyridine rings is 1. The second kappa shape index (κ2) is 7.19. The van der Waals surface area contributed by atoms with Crippen LogP contribution < -0.4 is 5.32 Å². The molecule has 0 fully saturated rings. The zero-order valence-corrected chi connectivity index (χ0v) is 12.8. The van der Waals surface area contributed by atoms with Crippen molar-refractivity contribution in [3.8, 4) is 0 Å². The first-order valence-corrected chi connectivity index (χ1v) is 7.42.